The van der Waals surface area contributed by atoms with E-state index in [9.17, 15) is 0 Å². The van der Waals surface area contributed by atoms with Gasteiger partial charge in [-0.25, -0.2) is 0 Å². The largest absolute Gasteiger partial charge is 0.486 e. The number of nitrogens with one attached hydrogen (secondary N) is 1. The van der Waals surface area contributed by atoms with Crippen molar-refractivity contribution in [2.45, 2.75) is 32.2 Å². The Bertz CT molecular complexity index is 997. The maximum atomic E-state index is 5.75. The van der Waals surface area contributed by atoms with Gasteiger partial charge in [-0.2, -0.15) is 5.10 Å². The van der Waals surface area contributed by atoms with Gasteiger partial charge in [-0.05, 0) is 49.6 Å². The van der Waals surface area contributed by atoms with Gasteiger partial charge >= 0.3 is 0 Å². The molecule has 1 aromatic heterocycles. The van der Waals surface area contributed by atoms with Gasteiger partial charge in [-0.15, -0.1) is 0 Å². The Hall–Kier alpha value is -2.79. The van der Waals surface area contributed by atoms with E-state index in [0.717, 1.165) is 31.1 Å². The third-order valence-corrected chi connectivity index (χ3v) is 5.92. The molecule has 1 fully saturated rings. The fraction of sp³-hybridized carbons (Fsp3) is 0.375. The molecule has 3 aromatic rings. The van der Waals surface area contributed by atoms with Crippen molar-refractivity contribution in [2.75, 3.05) is 26.3 Å². The van der Waals surface area contributed by atoms with Crippen LogP contribution in [0.3, 0.4) is 0 Å². The Morgan fingerprint density at radius 2 is 2.00 bits per heavy atom. The lowest BCUT2D eigenvalue weighted by Crippen LogP contribution is -2.34. The van der Waals surface area contributed by atoms with E-state index in [1.165, 1.54) is 40.8 Å². The summed E-state index contributed by atoms with van der Waals surface area (Å²) in [6.07, 6.45) is 4.37. The predicted molar refractivity (Wildman–Crippen MR) is 113 cm³/mol. The van der Waals surface area contributed by atoms with Crippen molar-refractivity contribution >= 4 is 0 Å². The summed E-state index contributed by atoms with van der Waals surface area (Å²) >= 11 is 0. The second kappa shape index (κ2) is 7.91. The molecular weight excluding hydrogens is 362 g/mol. The predicted octanol–water partition coefficient (Wildman–Crippen LogP) is 4.54. The second-order valence-electron chi connectivity index (χ2n) is 8.12. The summed E-state index contributed by atoms with van der Waals surface area (Å²) in [5.41, 5.74) is 6.30. The Morgan fingerprint density at radius 3 is 2.90 bits per heavy atom. The van der Waals surface area contributed by atoms with Crippen LogP contribution in [0.2, 0.25) is 0 Å². The lowest BCUT2D eigenvalue weighted by atomic mass is 9.90. The summed E-state index contributed by atoms with van der Waals surface area (Å²) in [4.78, 5) is 2.54. The summed E-state index contributed by atoms with van der Waals surface area (Å²) in [6, 6.07) is 15.0. The molecule has 5 nitrogen and oxygen atoms in total. The van der Waals surface area contributed by atoms with E-state index in [0.29, 0.717) is 19.1 Å². The number of aromatic nitrogens is 2. The van der Waals surface area contributed by atoms with Crippen LogP contribution in [0.25, 0.3) is 11.1 Å². The second-order valence-corrected chi connectivity index (χ2v) is 8.12. The number of hydrogen-bond acceptors (Lipinski definition) is 4. The maximum Gasteiger partial charge on any atom is 0.161 e. The Morgan fingerprint density at radius 1 is 1.10 bits per heavy atom. The fourth-order valence-electron chi connectivity index (χ4n) is 4.53. The average molecular weight is 389 g/mol. The zero-order chi connectivity index (χ0) is 19.6. The van der Waals surface area contributed by atoms with Gasteiger partial charge < -0.3 is 9.47 Å². The van der Waals surface area contributed by atoms with Gasteiger partial charge in [-0.3, -0.25) is 10.00 Å². The number of ether oxygens (including phenoxy) is 2. The number of piperidine rings is 1. The molecule has 0 amide bonds. The highest BCUT2D eigenvalue weighted by atomic mass is 16.6. The summed E-state index contributed by atoms with van der Waals surface area (Å²) in [5, 5.41) is 7.69. The van der Waals surface area contributed by atoms with Gasteiger partial charge in [-0.1, -0.05) is 35.9 Å². The Kier molecular flexibility index (Phi) is 4.98. The fourth-order valence-corrected chi connectivity index (χ4v) is 4.53. The van der Waals surface area contributed by atoms with Crippen LogP contribution in [0.4, 0.5) is 0 Å². The molecule has 2 aliphatic rings. The van der Waals surface area contributed by atoms with Crippen LogP contribution in [0.5, 0.6) is 11.5 Å². The van der Waals surface area contributed by atoms with E-state index in [4.69, 9.17) is 9.47 Å². The van der Waals surface area contributed by atoms with Crippen LogP contribution in [0.1, 0.15) is 35.6 Å². The van der Waals surface area contributed by atoms with Gasteiger partial charge in [0.2, 0.25) is 0 Å². The van der Waals surface area contributed by atoms with Crippen LogP contribution in [-0.4, -0.2) is 41.4 Å². The number of likely N-dealkylation sites (tertiary alicyclic amines) is 1. The molecule has 1 saturated heterocycles. The SMILES string of the molecule is Cc1cccc(-c2cn[nH]c2[C@H]2CCCN(Cc3ccc4c(c3)OCCO4)C2)c1. The van der Waals surface area contributed by atoms with Gasteiger partial charge in [0.1, 0.15) is 13.2 Å². The highest BCUT2D eigenvalue weighted by molar-refractivity contribution is 5.66. The molecule has 1 N–H and O–H groups in total. The average Bonchev–Trinajstić information content (AvgIpc) is 3.24. The maximum absolute atomic E-state index is 5.75. The summed E-state index contributed by atoms with van der Waals surface area (Å²) in [5.74, 6) is 2.20. The lowest BCUT2D eigenvalue weighted by Gasteiger charge is -2.33. The molecule has 0 aliphatic carbocycles. The van der Waals surface area contributed by atoms with Gasteiger partial charge in [0.15, 0.2) is 11.5 Å². The quantitative estimate of drug-likeness (QED) is 0.712. The number of aryl methyl sites for hydroxylation is 1. The minimum atomic E-state index is 0.471. The van der Waals surface area contributed by atoms with Crippen molar-refractivity contribution in [1.29, 1.82) is 0 Å². The van der Waals surface area contributed by atoms with Crippen molar-refractivity contribution in [3.8, 4) is 22.6 Å². The van der Waals surface area contributed by atoms with Gasteiger partial charge in [0.05, 0.1) is 6.20 Å². The zero-order valence-corrected chi connectivity index (χ0v) is 16.9. The van der Waals surface area contributed by atoms with Crippen LogP contribution in [0, 0.1) is 6.92 Å². The molecule has 2 aliphatic heterocycles. The third kappa shape index (κ3) is 3.87. The first-order chi connectivity index (χ1) is 14.3. The highest BCUT2D eigenvalue weighted by Gasteiger charge is 2.25. The Labute approximate surface area is 171 Å². The molecule has 0 saturated carbocycles. The van der Waals surface area contributed by atoms with Crippen LogP contribution < -0.4 is 9.47 Å². The molecule has 0 spiro atoms. The van der Waals surface area contributed by atoms with E-state index >= 15 is 0 Å². The molecule has 0 radical (unpaired) electrons. The Balaban J connectivity index is 1.32. The van der Waals surface area contributed by atoms with Crippen LogP contribution in [0.15, 0.2) is 48.7 Å². The molecule has 150 valence electrons. The van der Waals surface area contributed by atoms with Crippen molar-refractivity contribution < 1.29 is 9.47 Å². The van der Waals surface area contributed by atoms with Gasteiger partial charge in [0.25, 0.3) is 0 Å². The number of hydrogen-bond donors (Lipinski definition) is 1. The van der Waals surface area contributed by atoms with E-state index in [1.54, 1.807) is 0 Å². The standard InChI is InChI=1S/C24H27N3O2/c1-17-4-2-5-19(12-17)21-14-25-26-24(21)20-6-3-9-27(16-20)15-18-7-8-22-23(13-18)29-11-10-28-22/h2,4-5,7-8,12-14,20H,3,6,9-11,15-16H2,1H3,(H,25,26)/t20-/m0/s1. The van der Waals surface area contributed by atoms with Crippen molar-refractivity contribution in [3.63, 3.8) is 0 Å². The first kappa shape index (κ1) is 18.3. The van der Waals surface area contributed by atoms with Gasteiger partial charge in [0, 0.05) is 30.3 Å². The molecule has 5 heteroatoms. The molecule has 1 atom stereocenters. The minimum Gasteiger partial charge on any atom is -0.486 e. The number of aromatic amines is 1. The minimum absolute atomic E-state index is 0.471. The number of H-pyrrole nitrogens is 1. The summed E-state index contributed by atoms with van der Waals surface area (Å²) in [7, 11) is 0. The third-order valence-electron chi connectivity index (χ3n) is 5.92. The molecular formula is C24H27N3O2. The number of benzene rings is 2. The summed E-state index contributed by atoms with van der Waals surface area (Å²) < 4.78 is 11.4. The first-order valence-corrected chi connectivity index (χ1v) is 10.5. The van der Waals surface area contributed by atoms with Crippen LogP contribution in [-0.2, 0) is 6.54 Å². The van der Waals surface area contributed by atoms with Crippen molar-refractivity contribution in [1.82, 2.24) is 15.1 Å². The molecule has 2 aromatic carbocycles. The van der Waals surface area contributed by atoms with E-state index in [-0.39, 0.29) is 0 Å². The van der Waals surface area contributed by atoms with E-state index in [1.807, 2.05) is 12.3 Å². The van der Waals surface area contributed by atoms with E-state index < -0.39 is 0 Å². The highest BCUT2D eigenvalue weighted by Crippen LogP contribution is 2.35. The lowest BCUT2D eigenvalue weighted by molar-refractivity contribution is 0.170. The monoisotopic (exact) mass is 389 g/mol. The summed E-state index contributed by atoms with van der Waals surface area (Å²) in [6.45, 7) is 6.49. The van der Waals surface area contributed by atoms with Crippen LogP contribution >= 0.6 is 0 Å². The molecule has 29 heavy (non-hydrogen) atoms. The smallest absolute Gasteiger partial charge is 0.161 e. The number of nitrogens with zero attached hydrogens (tertiary/aromatic N) is 2. The topological polar surface area (TPSA) is 50.4 Å². The normalized spacial score (nSPS) is 19.3. The van der Waals surface area contributed by atoms with Crippen molar-refractivity contribution in [3.05, 3.63) is 65.5 Å². The van der Waals surface area contributed by atoms with Crippen molar-refractivity contribution in [2.24, 2.45) is 0 Å². The molecule has 0 bridgehead atoms. The van der Waals surface area contributed by atoms with E-state index in [2.05, 4.69) is 58.4 Å². The number of fused-ring (bicyclic) bond motifs is 1. The molecule has 5 rings (SSSR count). The molecule has 0 unspecified atom stereocenters. The molecule has 3 heterocycles. The number of rotatable bonds is 4. The first-order valence-electron chi connectivity index (χ1n) is 10.5. The zero-order valence-electron chi connectivity index (χ0n) is 16.9.